The van der Waals surface area contributed by atoms with Gasteiger partial charge in [0.15, 0.2) is 5.82 Å². The number of halogens is 1. The normalized spacial score (nSPS) is 12.5. The number of aromatic amines is 1. The molecule has 0 spiro atoms. The van der Waals surface area contributed by atoms with E-state index in [9.17, 15) is 12.8 Å². The number of benzene rings is 2. The lowest BCUT2D eigenvalue weighted by atomic mass is 10.1. The van der Waals surface area contributed by atoms with E-state index >= 15 is 0 Å². The Kier molecular flexibility index (Phi) is 9.48. The average molecular weight is 499 g/mol. The first-order valence-electron chi connectivity index (χ1n) is 11.7. The van der Waals surface area contributed by atoms with Gasteiger partial charge in [-0.1, -0.05) is 44.2 Å². The zero-order valence-electron chi connectivity index (χ0n) is 20.0. The van der Waals surface area contributed by atoms with Crippen molar-refractivity contribution in [3.63, 3.8) is 0 Å². The number of hydrogen-bond acceptors (Lipinski definition) is 6. The summed E-state index contributed by atoms with van der Waals surface area (Å²) in [6.45, 7) is 6.57. The Morgan fingerprint density at radius 3 is 2.60 bits per heavy atom. The van der Waals surface area contributed by atoms with Gasteiger partial charge in [0.1, 0.15) is 17.7 Å². The molecule has 2 aromatic carbocycles. The summed E-state index contributed by atoms with van der Waals surface area (Å²) in [7, 11) is -3.57. The molecule has 0 aliphatic heterocycles. The van der Waals surface area contributed by atoms with Crippen molar-refractivity contribution in [3.05, 3.63) is 71.3 Å². The third-order valence-corrected chi connectivity index (χ3v) is 7.32. The van der Waals surface area contributed by atoms with Crippen LogP contribution < -0.4 is 4.72 Å². The standard InChI is InChI=1S/C25H31FN6O2S/c1-3-32(4-2)15-8-16-35(33,34)31-23(14-11-19-9-6-5-7-10-19)25-28-24(29-30-25)20-12-13-22(26)21(17-20)18-27/h5-7,9-10,12-13,17,23,31H,3-4,8,11,14-16H2,1-2H3,(H,28,29,30)/t23-/m1/s1. The lowest BCUT2D eigenvalue weighted by Crippen LogP contribution is -2.33. The number of nitriles is 1. The van der Waals surface area contributed by atoms with Crippen molar-refractivity contribution in [2.45, 2.75) is 39.2 Å². The Hall–Kier alpha value is -3.13. The van der Waals surface area contributed by atoms with Crippen LogP contribution in [0.4, 0.5) is 4.39 Å². The Morgan fingerprint density at radius 2 is 1.91 bits per heavy atom. The number of nitrogens with zero attached hydrogens (tertiary/aromatic N) is 4. The first kappa shape index (κ1) is 26.5. The van der Waals surface area contributed by atoms with Gasteiger partial charge in [0.25, 0.3) is 0 Å². The molecule has 1 aromatic heterocycles. The first-order chi connectivity index (χ1) is 16.8. The van der Waals surface area contributed by atoms with Gasteiger partial charge in [-0.3, -0.25) is 5.10 Å². The summed E-state index contributed by atoms with van der Waals surface area (Å²) in [5.74, 6) is 0.0220. The van der Waals surface area contributed by atoms with E-state index in [1.807, 2.05) is 30.3 Å². The number of sulfonamides is 1. The fourth-order valence-corrected chi connectivity index (χ4v) is 5.10. The Labute approximate surface area is 206 Å². The highest BCUT2D eigenvalue weighted by molar-refractivity contribution is 7.89. The van der Waals surface area contributed by atoms with Gasteiger partial charge < -0.3 is 4.90 Å². The predicted molar refractivity (Wildman–Crippen MR) is 133 cm³/mol. The van der Waals surface area contributed by atoms with Crippen LogP contribution in [-0.2, 0) is 16.4 Å². The maximum Gasteiger partial charge on any atom is 0.212 e. The Balaban J connectivity index is 1.79. The smallest absolute Gasteiger partial charge is 0.212 e. The fraction of sp³-hybridized carbons (Fsp3) is 0.400. The monoisotopic (exact) mass is 498 g/mol. The van der Waals surface area contributed by atoms with E-state index in [1.54, 1.807) is 6.07 Å². The molecule has 3 rings (SSSR count). The summed E-state index contributed by atoms with van der Waals surface area (Å²) in [6, 6.07) is 15.0. The SMILES string of the molecule is CCN(CC)CCCS(=O)(=O)N[C@H](CCc1ccccc1)c1nc(-c2ccc(F)c(C#N)c2)n[nH]1. The van der Waals surface area contributed by atoms with Gasteiger partial charge in [-0.2, -0.15) is 10.4 Å². The molecule has 8 nitrogen and oxygen atoms in total. The van der Waals surface area contributed by atoms with Crippen LogP contribution in [0.1, 0.15) is 49.7 Å². The molecule has 1 heterocycles. The number of aryl methyl sites for hydroxylation is 1. The molecule has 35 heavy (non-hydrogen) atoms. The minimum absolute atomic E-state index is 0.00974. The maximum atomic E-state index is 13.7. The molecule has 186 valence electrons. The van der Waals surface area contributed by atoms with Crippen molar-refractivity contribution in [3.8, 4) is 17.5 Å². The van der Waals surface area contributed by atoms with Crippen LogP contribution >= 0.6 is 0 Å². The number of H-pyrrole nitrogens is 1. The molecule has 0 saturated carbocycles. The zero-order valence-corrected chi connectivity index (χ0v) is 20.9. The van der Waals surface area contributed by atoms with E-state index < -0.39 is 21.9 Å². The third-order valence-electron chi connectivity index (χ3n) is 5.85. The van der Waals surface area contributed by atoms with E-state index in [0.717, 1.165) is 18.7 Å². The molecule has 10 heteroatoms. The molecule has 1 atom stereocenters. The zero-order chi connectivity index (χ0) is 25.3. The van der Waals surface area contributed by atoms with E-state index in [0.29, 0.717) is 37.2 Å². The van der Waals surface area contributed by atoms with Gasteiger partial charge in [0.05, 0.1) is 17.4 Å². The summed E-state index contributed by atoms with van der Waals surface area (Å²) >= 11 is 0. The molecule has 0 saturated heterocycles. The minimum Gasteiger partial charge on any atom is -0.304 e. The van der Waals surface area contributed by atoms with Crippen LogP contribution in [0.2, 0.25) is 0 Å². The lowest BCUT2D eigenvalue weighted by molar-refractivity contribution is 0.304. The van der Waals surface area contributed by atoms with Crippen molar-refractivity contribution in [1.29, 1.82) is 5.26 Å². The van der Waals surface area contributed by atoms with E-state index in [-0.39, 0.29) is 17.1 Å². The molecule has 0 bridgehead atoms. The Bertz CT molecular complexity index is 1240. The average Bonchev–Trinajstić information content (AvgIpc) is 3.35. The van der Waals surface area contributed by atoms with Crippen LogP contribution in [0.5, 0.6) is 0 Å². The highest BCUT2D eigenvalue weighted by Gasteiger charge is 2.23. The number of nitrogens with one attached hydrogen (secondary N) is 2. The first-order valence-corrected chi connectivity index (χ1v) is 13.4. The summed E-state index contributed by atoms with van der Waals surface area (Å²) in [4.78, 5) is 6.67. The molecule has 0 fully saturated rings. The molecule has 0 unspecified atom stereocenters. The largest absolute Gasteiger partial charge is 0.304 e. The van der Waals surface area contributed by atoms with E-state index in [2.05, 4.69) is 38.7 Å². The third kappa shape index (κ3) is 7.68. The number of aromatic nitrogens is 3. The van der Waals surface area contributed by atoms with E-state index in [4.69, 9.17) is 5.26 Å². The van der Waals surface area contributed by atoms with Crippen LogP contribution in [0, 0.1) is 17.1 Å². The van der Waals surface area contributed by atoms with Gasteiger partial charge in [-0.15, -0.1) is 0 Å². The summed E-state index contributed by atoms with van der Waals surface area (Å²) in [6.07, 6.45) is 1.63. The second-order valence-corrected chi connectivity index (χ2v) is 10.1. The van der Waals surface area contributed by atoms with Crippen molar-refractivity contribution < 1.29 is 12.8 Å². The molecule has 3 aromatic rings. The molecular weight excluding hydrogens is 467 g/mol. The van der Waals surface area contributed by atoms with Crippen molar-refractivity contribution in [1.82, 2.24) is 24.8 Å². The number of rotatable bonds is 13. The van der Waals surface area contributed by atoms with Crippen LogP contribution in [0.25, 0.3) is 11.4 Å². The van der Waals surface area contributed by atoms with E-state index in [1.165, 1.54) is 18.2 Å². The maximum absolute atomic E-state index is 13.7. The second kappa shape index (κ2) is 12.5. The lowest BCUT2D eigenvalue weighted by Gasteiger charge is -2.19. The second-order valence-electron chi connectivity index (χ2n) is 8.24. The fourth-order valence-electron chi connectivity index (χ4n) is 3.81. The number of hydrogen-bond donors (Lipinski definition) is 2. The van der Waals surface area contributed by atoms with Crippen LogP contribution in [0.3, 0.4) is 0 Å². The molecule has 0 aliphatic rings. The van der Waals surface area contributed by atoms with Crippen molar-refractivity contribution in [2.75, 3.05) is 25.4 Å². The summed E-state index contributed by atoms with van der Waals surface area (Å²) in [5, 5.41) is 16.1. The van der Waals surface area contributed by atoms with Gasteiger partial charge in [-0.25, -0.2) is 22.5 Å². The molecule has 0 amide bonds. The van der Waals surface area contributed by atoms with Crippen LogP contribution in [-0.4, -0.2) is 53.9 Å². The van der Waals surface area contributed by atoms with Crippen molar-refractivity contribution >= 4 is 10.0 Å². The molecule has 2 N–H and O–H groups in total. The van der Waals surface area contributed by atoms with Crippen LogP contribution in [0.15, 0.2) is 48.5 Å². The Morgan fingerprint density at radius 1 is 1.17 bits per heavy atom. The highest BCUT2D eigenvalue weighted by Crippen LogP contribution is 2.23. The topological polar surface area (TPSA) is 115 Å². The summed E-state index contributed by atoms with van der Waals surface area (Å²) < 4.78 is 42.3. The molecule has 0 radical (unpaired) electrons. The quantitative estimate of drug-likeness (QED) is 0.370. The summed E-state index contributed by atoms with van der Waals surface area (Å²) in [5.41, 5.74) is 1.44. The van der Waals surface area contributed by atoms with Crippen molar-refractivity contribution in [2.24, 2.45) is 0 Å². The van der Waals surface area contributed by atoms with Gasteiger partial charge in [0.2, 0.25) is 10.0 Å². The van der Waals surface area contributed by atoms with Gasteiger partial charge in [0, 0.05) is 5.56 Å². The molecular formula is C25H31FN6O2S. The predicted octanol–water partition coefficient (Wildman–Crippen LogP) is 3.81. The highest BCUT2D eigenvalue weighted by atomic mass is 32.2. The molecule has 0 aliphatic carbocycles. The minimum atomic E-state index is -3.57. The van der Waals surface area contributed by atoms with Gasteiger partial charge in [-0.05, 0) is 62.7 Å². The van der Waals surface area contributed by atoms with Gasteiger partial charge >= 0.3 is 0 Å².